The Morgan fingerprint density at radius 3 is 2.46 bits per heavy atom. The number of benzene rings is 1. The highest BCUT2D eigenvalue weighted by molar-refractivity contribution is 5.86. The van der Waals surface area contributed by atoms with Crippen LogP contribution in [0.5, 0.6) is 0 Å². The molecule has 9 heteroatoms. The van der Waals surface area contributed by atoms with E-state index in [2.05, 4.69) is 5.16 Å². The summed E-state index contributed by atoms with van der Waals surface area (Å²) in [6, 6.07) is 2.41. The largest absolute Gasteiger partial charge is 0.465 e. The van der Waals surface area contributed by atoms with E-state index in [0.717, 1.165) is 5.71 Å². The maximum atomic E-state index is 14.3. The fourth-order valence-electron chi connectivity index (χ4n) is 3.48. The first kappa shape index (κ1) is 20.3. The Morgan fingerprint density at radius 2 is 1.86 bits per heavy atom. The van der Waals surface area contributed by atoms with Gasteiger partial charge >= 0.3 is 6.09 Å². The third-order valence-corrected chi connectivity index (χ3v) is 5.14. The Balaban J connectivity index is 1.51. The van der Waals surface area contributed by atoms with Crippen LogP contribution in [0.4, 0.5) is 19.3 Å². The Morgan fingerprint density at radius 1 is 1.18 bits per heavy atom. The van der Waals surface area contributed by atoms with Gasteiger partial charge in [0, 0.05) is 70.6 Å². The van der Waals surface area contributed by atoms with Crippen LogP contribution in [-0.2, 0) is 16.2 Å². The smallest absolute Gasteiger partial charge is 0.407 e. The van der Waals surface area contributed by atoms with E-state index in [9.17, 15) is 13.6 Å². The number of halogens is 2. The predicted molar refractivity (Wildman–Crippen MR) is 99.7 cm³/mol. The van der Waals surface area contributed by atoms with Crippen LogP contribution in [0.3, 0.4) is 0 Å². The summed E-state index contributed by atoms with van der Waals surface area (Å²) in [5.74, 6) is -0.941. The maximum Gasteiger partial charge on any atom is 0.407 e. The Bertz CT molecular complexity index is 726. The summed E-state index contributed by atoms with van der Waals surface area (Å²) in [7, 11) is 1.44. The van der Waals surface area contributed by atoms with E-state index in [1.165, 1.54) is 24.1 Å². The molecule has 0 saturated carbocycles. The van der Waals surface area contributed by atoms with Gasteiger partial charge in [-0.2, -0.15) is 0 Å². The number of amides is 1. The summed E-state index contributed by atoms with van der Waals surface area (Å²) in [5, 5.41) is 13.2. The second kappa shape index (κ2) is 9.18. The number of ether oxygens (including phenoxy) is 1. The minimum absolute atomic E-state index is 0.0303. The van der Waals surface area contributed by atoms with E-state index < -0.39 is 17.7 Å². The minimum atomic E-state index is -0.906. The van der Waals surface area contributed by atoms with Gasteiger partial charge in [0.1, 0.15) is 17.7 Å². The second-order valence-corrected chi connectivity index (χ2v) is 7.05. The van der Waals surface area contributed by atoms with Gasteiger partial charge in [-0.05, 0) is 6.07 Å². The van der Waals surface area contributed by atoms with Gasteiger partial charge < -0.3 is 24.5 Å². The number of hydrogen-bond acceptors (Lipinski definition) is 5. The highest BCUT2D eigenvalue weighted by Gasteiger charge is 2.24. The van der Waals surface area contributed by atoms with Gasteiger partial charge in [0.15, 0.2) is 0 Å². The topological polar surface area (TPSA) is 74.6 Å². The van der Waals surface area contributed by atoms with Crippen molar-refractivity contribution >= 4 is 17.5 Å². The van der Waals surface area contributed by atoms with Gasteiger partial charge in [-0.1, -0.05) is 5.16 Å². The quantitative estimate of drug-likeness (QED) is 0.773. The van der Waals surface area contributed by atoms with Crippen LogP contribution >= 0.6 is 0 Å². The van der Waals surface area contributed by atoms with E-state index >= 15 is 0 Å². The summed E-state index contributed by atoms with van der Waals surface area (Å²) in [5.41, 5.74) is 1.33. The first-order valence-electron chi connectivity index (χ1n) is 9.39. The molecule has 3 rings (SSSR count). The van der Waals surface area contributed by atoms with Crippen molar-refractivity contribution in [3.8, 4) is 0 Å². The van der Waals surface area contributed by atoms with Crippen molar-refractivity contribution in [3.05, 3.63) is 29.3 Å². The molecule has 2 saturated heterocycles. The molecule has 1 aromatic carbocycles. The molecule has 0 spiro atoms. The lowest BCUT2D eigenvalue weighted by Gasteiger charge is -2.31. The number of likely N-dealkylation sites (tertiary alicyclic amines) is 1. The van der Waals surface area contributed by atoms with Crippen LogP contribution in [0.25, 0.3) is 0 Å². The lowest BCUT2D eigenvalue weighted by molar-refractivity contribution is 0.0127. The van der Waals surface area contributed by atoms with Crippen LogP contribution in [0.2, 0.25) is 0 Å². The van der Waals surface area contributed by atoms with Gasteiger partial charge in [0.05, 0.1) is 18.0 Å². The van der Waals surface area contributed by atoms with Crippen molar-refractivity contribution in [1.29, 1.82) is 0 Å². The molecule has 1 amide bonds. The summed E-state index contributed by atoms with van der Waals surface area (Å²) < 4.78 is 33.3. The van der Waals surface area contributed by atoms with Gasteiger partial charge in [-0.25, -0.2) is 13.6 Å². The molecule has 154 valence electrons. The zero-order valence-electron chi connectivity index (χ0n) is 15.9. The van der Waals surface area contributed by atoms with E-state index in [1.54, 1.807) is 4.90 Å². The fraction of sp³-hybridized carbons (Fsp3) is 0.579. The average Bonchev–Trinajstić information content (AvgIpc) is 2.70. The summed E-state index contributed by atoms with van der Waals surface area (Å²) >= 11 is 0. The average molecular weight is 397 g/mol. The lowest BCUT2D eigenvalue weighted by Crippen LogP contribution is -2.40. The number of hydrogen-bond donors (Lipinski definition) is 1. The van der Waals surface area contributed by atoms with Gasteiger partial charge in [0.25, 0.3) is 0 Å². The maximum absolute atomic E-state index is 14.3. The third-order valence-electron chi connectivity index (χ3n) is 5.14. The molecule has 0 aromatic heterocycles. The number of methoxy groups -OCH3 is 1. The van der Waals surface area contributed by atoms with Gasteiger partial charge in [-0.15, -0.1) is 0 Å². The van der Waals surface area contributed by atoms with Gasteiger partial charge in [-0.3, -0.25) is 0 Å². The highest BCUT2D eigenvalue weighted by Crippen LogP contribution is 2.26. The minimum Gasteiger partial charge on any atom is -0.465 e. The van der Waals surface area contributed by atoms with E-state index in [4.69, 9.17) is 14.7 Å². The van der Waals surface area contributed by atoms with Crippen LogP contribution in [0, 0.1) is 11.6 Å². The standard InChI is InChI=1S/C19H25F2N3O4/c1-27-12-13-10-17(21)18(11-16(13)20)23-6-2-14(3-7-23)22-28-15-4-8-24(9-5-15)19(25)26/h10-11,15H,2-9,12H2,1H3,(H,25,26). The number of carbonyl (C=O) groups is 1. The fourth-order valence-corrected chi connectivity index (χ4v) is 3.48. The molecule has 2 fully saturated rings. The van der Waals surface area contributed by atoms with E-state index in [0.29, 0.717) is 51.9 Å². The van der Waals surface area contributed by atoms with Crippen molar-refractivity contribution < 1.29 is 28.3 Å². The molecule has 0 radical (unpaired) electrons. The zero-order chi connectivity index (χ0) is 20.1. The van der Waals surface area contributed by atoms with E-state index in [1.807, 2.05) is 0 Å². The number of nitrogens with zero attached hydrogens (tertiary/aromatic N) is 3. The zero-order valence-corrected chi connectivity index (χ0v) is 15.9. The van der Waals surface area contributed by atoms with Crippen molar-refractivity contribution in [2.24, 2.45) is 5.16 Å². The van der Waals surface area contributed by atoms with Crippen molar-refractivity contribution in [1.82, 2.24) is 4.90 Å². The highest BCUT2D eigenvalue weighted by atomic mass is 19.1. The normalized spacial score (nSPS) is 18.3. The van der Waals surface area contributed by atoms with Crippen molar-refractivity contribution in [3.63, 3.8) is 0 Å². The number of rotatable bonds is 5. The molecule has 28 heavy (non-hydrogen) atoms. The lowest BCUT2D eigenvalue weighted by atomic mass is 10.1. The van der Waals surface area contributed by atoms with Crippen LogP contribution in [-0.4, -0.2) is 61.2 Å². The van der Waals surface area contributed by atoms with E-state index in [-0.39, 0.29) is 24.0 Å². The van der Waals surface area contributed by atoms with Crippen LogP contribution < -0.4 is 4.90 Å². The molecule has 0 aliphatic carbocycles. The summed E-state index contributed by atoms with van der Waals surface area (Å²) in [6.45, 7) is 1.98. The first-order chi connectivity index (χ1) is 13.5. The molecule has 0 bridgehead atoms. The third kappa shape index (κ3) is 4.89. The Labute approximate surface area is 162 Å². The first-order valence-corrected chi connectivity index (χ1v) is 9.39. The second-order valence-electron chi connectivity index (χ2n) is 7.05. The number of anilines is 1. The van der Waals surface area contributed by atoms with Crippen molar-refractivity contribution in [2.45, 2.75) is 38.4 Å². The Kier molecular flexibility index (Phi) is 6.66. The molecule has 2 aliphatic rings. The molecular formula is C19H25F2N3O4. The monoisotopic (exact) mass is 397 g/mol. The SMILES string of the molecule is COCc1cc(F)c(N2CCC(=NOC3CCN(C(=O)O)CC3)CC2)cc1F. The molecule has 1 N–H and O–H groups in total. The predicted octanol–water partition coefficient (Wildman–Crippen LogP) is 3.23. The summed E-state index contributed by atoms with van der Waals surface area (Å²) in [4.78, 5) is 19.7. The molecule has 1 aromatic rings. The molecule has 2 aliphatic heterocycles. The van der Waals surface area contributed by atoms with Crippen molar-refractivity contribution in [2.75, 3.05) is 38.2 Å². The number of piperidine rings is 2. The number of carboxylic acid groups (broad SMARTS) is 1. The number of oxime groups is 1. The molecule has 0 atom stereocenters. The van der Waals surface area contributed by atoms with Gasteiger partial charge in [0.2, 0.25) is 0 Å². The van der Waals surface area contributed by atoms with Crippen LogP contribution in [0.1, 0.15) is 31.2 Å². The Hall–Kier alpha value is -2.42. The van der Waals surface area contributed by atoms with Crippen LogP contribution in [0.15, 0.2) is 17.3 Å². The summed E-state index contributed by atoms with van der Waals surface area (Å²) in [6.07, 6.45) is 1.46. The molecule has 2 heterocycles. The molecule has 7 nitrogen and oxygen atoms in total. The molecule has 0 unspecified atom stereocenters. The molecular weight excluding hydrogens is 372 g/mol.